The standard InChI is InChI=1S/C16H22ClN3O3/c1-10-8-20(9-16(3,4)23-10)15(22)19-14-7-12(18-11(2)21)5-6-13(14)17/h5-7,10H,8-9H2,1-4H3,(H,18,21)(H,19,22). The molecule has 1 aromatic carbocycles. The Kier molecular flexibility index (Phi) is 5.16. The van der Waals surface area contributed by atoms with E-state index >= 15 is 0 Å². The van der Waals surface area contributed by atoms with Crippen molar-refractivity contribution in [1.82, 2.24) is 4.90 Å². The van der Waals surface area contributed by atoms with Gasteiger partial charge in [-0.05, 0) is 39.0 Å². The van der Waals surface area contributed by atoms with E-state index in [0.29, 0.717) is 29.5 Å². The Hall–Kier alpha value is -1.79. The van der Waals surface area contributed by atoms with Crippen LogP contribution in [-0.4, -0.2) is 41.6 Å². The van der Waals surface area contributed by atoms with Crippen LogP contribution in [0.2, 0.25) is 5.02 Å². The molecule has 1 aliphatic rings. The fraction of sp³-hybridized carbons (Fsp3) is 0.500. The van der Waals surface area contributed by atoms with E-state index < -0.39 is 5.60 Å². The third kappa shape index (κ3) is 4.84. The summed E-state index contributed by atoms with van der Waals surface area (Å²) in [5, 5.41) is 5.87. The second-order valence-electron chi connectivity index (χ2n) is 6.37. The molecular formula is C16H22ClN3O3. The fourth-order valence-corrected chi connectivity index (χ4v) is 2.87. The van der Waals surface area contributed by atoms with Gasteiger partial charge in [-0.3, -0.25) is 4.79 Å². The topological polar surface area (TPSA) is 70.7 Å². The summed E-state index contributed by atoms with van der Waals surface area (Å²) < 4.78 is 5.80. The predicted molar refractivity (Wildman–Crippen MR) is 91.0 cm³/mol. The number of carbonyl (C=O) groups is 2. The molecule has 0 bridgehead atoms. The lowest BCUT2D eigenvalue weighted by Gasteiger charge is -2.41. The molecule has 0 radical (unpaired) electrons. The van der Waals surface area contributed by atoms with Gasteiger partial charge in [0.05, 0.1) is 29.0 Å². The van der Waals surface area contributed by atoms with Crippen LogP contribution in [0.5, 0.6) is 0 Å². The van der Waals surface area contributed by atoms with Gasteiger partial charge in [0.2, 0.25) is 5.91 Å². The van der Waals surface area contributed by atoms with Crippen molar-refractivity contribution in [3.8, 4) is 0 Å². The number of ether oxygens (including phenoxy) is 1. The van der Waals surface area contributed by atoms with Crippen LogP contribution in [0.15, 0.2) is 18.2 Å². The predicted octanol–water partition coefficient (Wildman–Crippen LogP) is 3.33. The lowest BCUT2D eigenvalue weighted by molar-refractivity contribution is -0.116. The number of nitrogens with zero attached hydrogens (tertiary/aromatic N) is 1. The molecule has 1 heterocycles. The number of anilines is 2. The normalized spacial score (nSPS) is 20.0. The first kappa shape index (κ1) is 17.6. The van der Waals surface area contributed by atoms with E-state index in [0.717, 1.165) is 0 Å². The van der Waals surface area contributed by atoms with Gasteiger partial charge in [0.15, 0.2) is 0 Å². The summed E-state index contributed by atoms with van der Waals surface area (Å²) in [7, 11) is 0. The summed E-state index contributed by atoms with van der Waals surface area (Å²) in [5.41, 5.74) is 0.643. The molecular weight excluding hydrogens is 318 g/mol. The largest absolute Gasteiger partial charge is 0.369 e. The first-order valence-corrected chi connectivity index (χ1v) is 7.85. The van der Waals surface area contributed by atoms with E-state index in [2.05, 4.69) is 10.6 Å². The molecule has 1 fully saturated rings. The molecule has 126 valence electrons. The quantitative estimate of drug-likeness (QED) is 0.868. The molecule has 7 heteroatoms. The third-order valence-corrected chi connectivity index (χ3v) is 3.71. The van der Waals surface area contributed by atoms with Gasteiger partial charge in [-0.15, -0.1) is 0 Å². The van der Waals surface area contributed by atoms with E-state index in [1.807, 2.05) is 20.8 Å². The molecule has 3 amide bonds. The molecule has 1 saturated heterocycles. The number of hydrogen-bond acceptors (Lipinski definition) is 3. The SMILES string of the molecule is CC(=O)Nc1ccc(Cl)c(NC(=O)N2CC(C)OC(C)(C)C2)c1. The second kappa shape index (κ2) is 6.76. The minimum atomic E-state index is -0.392. The summed E-state index contributed by atoms with van der Waals surface area (Å²) in [6.45, 7) is 8.26. The maximum Gasteiger partial charge on any atom is 0.322 e. The molecule has 2 N–H and O–H groups in total. The fourth-order valence-electron chi connectivity index (χ4n) is 2.70. The van der Waals surface area contributed by atoms with Crippen LogP contribution in [0.3, 0.4) is 0 Å². The Labute approximate surface area is 141 Å². The van der Waals surface area contributed by atoms with Crippen LogP contribution in [-0.2, 0) is 9.53 Å². The van der Waals surface area contributed by atoms with Gasteiger partial charge < -0.3 is 20.3 Å². The molecule has 1 atom stereocenters. The Morgan fingerprint density at radius 1 is 1.35 bits per heavy atom. The number of rotatable bonds is 2. The summed E-state index contributed by atoms with van der Waals surface area (Å²) in [6, 6.07) is 4.71. The zero-order valence-corrected chi connectivity index (χ0v) is 14.5. The second-order valence-corrected chi connectivity index (χ2v) is 6.78. The molecule has 1 aliphatic heterocycles. The Morgan fingerprint density at radius 2 is 2.04 bits per heavy atom. The minimum absolute atomic E-state index is 0.0364. The molecule has 23 heavy (non-hydrogen) atoms. The van der Waals surface area contributed by atoms with E-state index in [1.165, 1.54) is 6.92 Å². The first-order valence-electron chi connectivity index (χ1n) is 7.47. The van der Waals surface area contributed by atoms with Gasteiger partial charge >= 0.3 is 6.03 Å². The number of hydrogen-bond donors (Lipinski definition) is 2. The van der Waals surface area contributed by atoms with E-state index in [-0.39, 0.29) is 18.0 Å². The zero-order valence-electron chi connectivity index (χ0n) is 13.8. The van der Waals surface area contributed by atoms with E-state index in [4.69, 9.17) is 16.3 Å². The highest BCUT2D eigenvalue weighted by atomic mass is 35.5. The van der Waals surface area contributed by atoms with Gasteiger partial charge in [0.25, 0.3) is 0 Å². The smallest absolute Gasteiger partial charge is 0.322 e. The molecule has 6 nitrogen and oxygen atoms in total. The number of morpholine rings is 1. The van der Waals surface area contributed by atoms with Crippen molar-refractivity contribution in [1.29, 1.82) is 0 Å². The number of benzene rings is 1. The van der Waals surface area contributed by atoms with Crippen molar-refractivity contribution in [2.24, 2.45) is 0 Å². The first-order chi connectivity index (χ1) is 10.7. The summed E-state index contributed by atoms with van der Waals surface area (Å²) in [5.74, 6) is -0.187. The molecule has 0 aromatic heterocycles. The molecule has 1 aromatic rings. The number of urea groups is 1. The Morgan fingerprint density at radius 3 is 2.65 bits per heavy atom. The maximum atomic E-state index is 12.5. The third-order valence-electron chi connectivity index (χ3n) is 3.38. The van der Waals surface area contributed by atoms with Crippen molar-refractivity contribution in [2.75, 3.05) is 23.7 Å². The minimum Gasteiger partial charge on any atom is -0.369 e. The molecule has 0 saturated carbocycles. The molecule has 1 unspecified atom stereocenters. The van der Waals surface area contributed by atoms with Crippen LogP contribution in [0.1, 0.15) is 27.7 Å². The molecule has 0 spiro atoms. The van der Waals surface area contributed by atoms with Crippen molar-refractivity contribution in [3.63, 3.8) is 0 Å². The van der Waals surface area contributed by atoms with E-state index in [1.54, 1.807) is 23.1 Å². The highest BCUT2D eigenvalue weighted by Crippen LogP contribution is 2.27. The zero-order chi connectivity index (χ0) is 17.2. The van der Waals surface area contributed by atoms with Gasteiger partial charge in [0, 0.05) is 19.2 Å². The molecule has 0 aliphatic carbocycles. The van der Waals surface area contributed by atoms with Crippen LogP contribution in [0.4, 0.5) is 16.2 Å². The Bertz CT molecular complexity index is 619. The van der Waals surface area contributed by atoms with Gasteiger partial charge in [-0.25, -0.2) is 4.79 Å². The monoisotopic (exact) mass is 339 g/mol. The number of carbonyl (C=O) groups excluding carboxylic acids is 2. The number of nitrogens with one attached hydrogen (secondary N) is 2. The number of halogens is 1. The lowest BCUT2D eigenvalue weighted by atomic mass is 10.1. The summed E-state index contributed by atoms with van der Waals surface area (Å²) >= 11 is 6.13. The lowest BCUT2D eigenvalue weighted by Crippen LogP contribution is -2.54. The van der Waals surface area contributed by atoms with Gasteiger partial charge in [-0.1, -0.05) is 11.6 Å². The van der Waals surface area contributed by atoms with Crippen molar-refractivity contribution in [2.45, 2.75) is 39.4 Å². The highest BCUT2D eigenvalue weighted by Gasteiger charge is 2.33. The van der Waals surface area contributed by atoms with E-state index in [9.17, 15) is 9.59 Å². The molecule has 2 rings (SSSR count). The maximum absolute atomic E-state index is 12.5. The van der Waals surface area contributed by atoms with Crippen LogP contribution >= 0.6 is 11.6 Å². The average molecular weight is 340 g/mol. The highest BCUT2D eigenvalue weighted by molar-refractivity contribution is 6.33. The summed E-state index contributed by atoms with van der Waals surface area (Å²) in [4.78, 5) is 25.3. The van der Waals surface area contributed by atoms with Crippen molar-refractivity contribution in [3.05, 3.63) is 23.2 Å². The van der Waals surface area contributed by atoms with Crippen LogP contribution in [0.25, 0.3) is 0 Å². The van der Waals surface area contributed by atoms with Gasteiger partial charge in [0.1, 0.15) is 0 Å². The van der Waals surface area contributed by atoms with Crippen molar-refractivity contribution < 1.29 is 14.3 Å². The van der Waals surface area contributed by atoms with Gasteiger partial charge in [-0.2, -0.15) is 0 Å². The van der Waals surface area contributed by atoms with Crippen molar-refractivity contribution >= 4 is 34.9 Å². The number of amides is 3. The van der Waals surface area contributed by atoms with Crippen LogP contribution < -0.4 is 10.6 Å². The summed E-state index contributed by atoms with van der Waals surface area (Å²) in [6.07, 6.45) is -0.0364. The Balaban J connectivity index is 2.12. The van der Waals surface area contributed by atoms with Crippen LogP contribution in [0, 0.1) is 0 Å². The average Bonchev–Trinajstić information content (AvgIpc) is 2.39.